The first-order valence-electron chi connectivity index (χ1n) is 6.54. The standard InChI is InChI=1S/C15H15N3O3S/c1-8-10(3)22-15(16-8)18-14(21)13(20)17-12-6-4-11(5-7-12)9(2)19/h4-7H,1-3H3,(H,17,20)(H,16,18,21). The highest BCUT2D eigenvalue weighted by atomic mass is 32.1. The molecule has 1 aromatic heterocycles. The van der Waals surface area contributed by atoms with Crippen molar-refractivity contribution in [1.29, 1.82) is 0 Å². The molecule has 7 heteroatoms. The van der Waals surface area contributed by atoms with Crippen molar-refractivity contribution in [3.8, 4) is 0 Å². The molecule has 0 unspecified atom stereocenters. The molecule has 0 spiro atoms. The average molecular weight is 317 g/mol. The van der Waals surface area contributed by atoms with Gasteiger partial charge in [0.25, 0.3) is 0 Å². The lowest BCUT2D eigenvalue weighted by molar-refractivity contribution is -0.132. The number of aryl methyl sites for hydroxylation is 2. The topological polar surface area (TPSA) is 88.2 Å². The molecule has 0 atom stereocenters. The first-order chi connectivity index (χ1) is 10.4. The van der Waals surface area contributed by atoms with Crippen LogP contribution in [0.4, 0.5) is 10.8 Å². The lowest BCUT2D eigenvalue weighted by Gasteiger charge is -2.05. The van der Waals surface area contributed by atoms with Crippen LogP contribution >= 0.6 is 11.3 Å². The van der Waals surface area contributed by atoms with Crippen molar-refractivity contribution in [2.45, 2.75) is 20.8 Å². The predicted octanol–water partition coefficient (Wildman–Crippen LogP) is 2.54. The van der Waals surface area contributed by atoms with E-state index in [2.05, 4.69) is 15.6 Å². The van der Waals surface area contributed by atoms with Crippen LogP contribution in [0.25, 0.3) is 0 Å². The largest absolute Gasteiger partial charge is 0.318 e. The Balaban J connectivity index is 1.99. The van der Waals surface area contributed by atoms with E-state index in [1.807, 2.05) is 13.8 Å². The SMILES string of the molecule is CC(=O)c1ccc(NC(=O)C(=O)Nc2nc(C)c(C)s2)cc1. The van der Waals surface area contributed by atoms with Gasteiger partial charge < -0.3 is 5.32 Å². The fourth-order valence-electron chi connectivity index (χ4n) is 1.66. The van der Waals surface area contributed by atoms with E-state index in [0.29, 0.717) is 16.4 Å². The molecule has 0 aliphatic carbocycles. The van der Waals surface area contributed by atoms with Gasteiger partial charge in [0.1, 0.15) is 0 Å². The molecule has 0 bridgehead atoms. The van der Waals surface area contributed by atoms with E-state index in [4.69, 9.17) is 0 Å². The number of hydrogen-bond donors (Lipinski definition) is 2. The Morgan fingerprint density at radius 1 is 1.00 bits per heavy atom. The Morgan fingerprint density at radius 2 is 1.59 bits per heavy atom. The molecule has 1 aromatic carbocycles. The lowest BCUT2D eigenvalue weighted by Crippen LogP contribution is -2.29. The Kier molecular flexibility index (Phi) is 4.67. The van der Waals surface area contributed by atoms with Crippen LogP contribution in [0.15, 0.2) is 24.3 Å². The fraction of sp³-hybridized carbons (Fsp3) is 0.200. The zero-order valence-electron chi connectivity index (χ0n) is 12.4. The second-order valence-corrected chi connectivity index (χ2v) is 5.91. The fourth-order valence-corrected chi connectivity index (χ4v) is 2.47. The summed E-state index contributed by atoms with van der Waals surface area (Å²) in [5, 5.41) is 5.31. The molecule has 22 heavy (non-hydrogen) atoms. The van der Waals surface area contributed by atoms with Crippen molar-refractivity contribution >= 4 is 39.8 Å². The summed E-state index contributed by atoms with van der Waals surface area (Å²) < 4.78 is 0. The minimum atomic E-state index is -0.791. The van der Waals surface area contributed by atoms with Crippen molar-refractivity contribution < 1.29 is 14.4 Å². The molecular weight excluding hydrogens is 302 g/mol. The molecule has 0 radical (unpaired) electrons. The lowest BCUT2D eigenvalue weighted by atomic mass is 10.1. The molecule has 0 saturated heterocycles. The van der Waals surface area contributed by atoms with Gasteiger partial charge >= 0.3 is 11.8 Å². The zero-order valence-corrected chi connectivity index (χ0v) is 13.2. The summed E-state index contributed by atoms with van der Waals surface area (Å²) in [6, 6.07) is 6.31. The van der Waals surface area contributed by atoms with Crippen LogP contribution in [0.5, 0.6) is 0 Å². The molecule has 0 saturated carbocycles. The summed E-state index contributed by atoms with van der Waals surface area (Å²) in [5.41, 5.74) is 1.80. The number of amides is 2. The van der Waals surface area contributed by atoms with Crippen molar-refractivity contribution in [3.05, 3.63) is 40.4 Å². The normalized spacial score (nSPS) is 10.1. The third kappa shape index (κ3) is 3.76. The highest BCUT2D eigenvalue weighted by molar-refractivity contribution is 7.15. The highest BCUT2D eigenvalue weighted by Gasteiger charge is 2.16. The number of thiazole rings is 1. The van der Waals surface area contributed by atoms with Crippen LogP contribution in [0, 0.1) is 13.8 Å². The maximum Gasteiger partial charge on any atom is 0.315 e. The van der Waals surface area contributed by atoms with Crippen molar-refractivity contribution in [1.82, 2.24) is 4.98 Å². The van der Waals surface area contributed by atoms with Gasteiger partial charge in [0.2, 0.25) is 0 Å². The minimum Gasteiger partial charge on any atom is -0.318 e. The summed E-state index contributed by atoms with van der Waals surface area (Å²) in [6.07, 6.45) is 0. The number of aromatic nitrogens is 1. The van der Waals surface area contributed by atoms with Crippen LogP contribution in [0.2, 0.25) is 0 Å². The summed E-state index contributed by atoms with van der Waals surface area (Å²) in [6.45, 7) is 5.18. The Morgan fingerprint density at radius 3 is 2.09 bits per heavy atom. The van der Waals surface area contributed by atoms with Gasteiger partial charge in [-0.1, -0.05) is 0 Å². The van der Waals surface area contributed by atoms with Gasteiger partial charge in [0, 0.05) is 16.1 Å². The van der Waals surface area contributed by atoms with Crippen LogP contribution in [-0.2, 0) is 9.59 Å². The van der Waals surface area contributed by atoms with E-state index in [-0.39, 0.29) is 5.78 Å². The maximum atomic E-state index is 11.8. The van der Waals surface area contributed by atoms with E-state index in [0.717, 1.165) is 10.6 Å². The van der Waals surface area contributed by atoms with E-state index < -0.39 is 11.8 Å². The van der Waals surface area contributed by atoms with Crippen LogP contribution in [-0.4, -0.2) is 22.6 Å². The molecule has 0 aliphatic heterocycles. The summed E-state index contributed by atoms with van der Waals surface area (Å²) in [5.74, 6) is -1.64. The average Bonchev–Trinajstić information content (AvgIpc) is 2.77. The zero-order chi connectivity index (χ0) is 16.3. The van der Waals surface area contributed by atoms with E-state index in [1.54, 1.807) is 24.3 Å². The Bertz CT molecular complexity index is 715. The predicted molar refractivity (Wildman–Crippen MR) is 85.3 cm³/mol. The smallest absolute Gasteiger partial charge is 0.315 e. The van der Waals surface area contributed by atoms with Crippen molar-refractivity contribution in [2.24, 2.45) is 0 Å². The number of Topliss-reactive ketones (excluding diaryl/α,β-unsaturated/α-hetero) is 1. The second kappa shape index (κ2) is 6.48. The first-order valence-corrected chi connectivity index (χ1v) is 7.36. The molecule has 2 N–H and O–H groups in total. The van der Waals surface area contributed by atoms with Gasteiger partial charge in [-0.3, -0.25) is 19.7 Å². The van der Waals surface area contributed by atoms with Crippen LogP contribution in [0.3, 0.4) is 0 Å². The van der Waals surface area contributed by atoms with Gasteiger partial charge in [0.15, 0.2) is 10.9 Å². The van der Waals surface area contributed by atoms with Crippen molar-refractivity contribution in [3.63, 3.8) is 0 Å². The number of nitrogens with zero attached hydrogens (tertiary/aromatic N) is 1. The number of carbonyl (C=O) groups excluding carboxylic acids is 3. The maximum absolute atomic E-state index is 11.8. The molecule has 1 heterocycles. The molecule has 114 valence electrons. The molecule has 2 rings (SSSR count). The third-order valence-corrected chi connectivity index (χ3v) is 3.99. The summed E-state index contributed by atoms with van der Waals surface area (Å²) in [4.78, 5) is 39.9. The number of carbonyl (C=O) groups is 3. The number of hydrogen-bond acceptors (Lipinski definition) is 5. The van der Waals surface area contributed by atoms with E-state index >= 15 is 0 Å². The summed E-state index contributed by atoms with van der Waals surface area (Å²) in [7, 11) is 0. The van der Waals surface area contributed by atoms with Gasteiger partial charge in [-0.2, -0.15) is 0 Å². The molecule has 2 amide bonds. The van der Waals surface area contributed by atoms with Crippen LogP contribution < -0.4 is 10.6 Å². The van der Waals surface area contributed by atoms with Crippen molar-refractivity contribution in [2.75, 3.05) is 10.6 Å². The quantitative estimate of drug-likeness (QED) is 0.672. The van der Waals surface area contributed by atoms with E-state index in [9.17, 15) is 14.4 Å². The number of benzene rings is 1. The van der Waals surface area contributed by atoms with Gasteiger partial charge in [-0.25, -0.2) is 4.98 Å². The number of ketones is 1. The molecule has 0 fully saturated rings. The number of nitrogens with one attached hydrogen (secondary N) is 2. The Hall–Kier alpha value is -2.54. The van der Waals surface area contributed by atoms with Gasteiger partial charge in [-0.15, -0.1) is 11.3 Å². The minimum absolute atomic E-state index is 0.0647. The van der Waals surface area contributed by atoms with Crippen LogP contribution in [0.1, 0.15) is 27.9 Å². The highest BCUT2D eigenvalue weighted by Crippen LogP contribution is 2.21. The molecule has 6 nitrogen and oxygen atoms in total. The molecule has 0 aliphatic rings. The number of rotatable bonds is 3. The first kappa shape index (κ1) is 15.8. The monoisotopic (exact) mass is 317 g/mol. The summed E-state index contributed by atoms with van der Waals surface area (Å²) >= 11 is 1.31. The second-order valence-electron chi connectivity index (χ2n) is 4.70. The molecular formula is C15H15N3O3S. The molecule has 2 aromatic rings. The van der Waals surface area contributed by atoms with Gasteiger partial charge in [0.05, 0.1) is 5.69 Å². The van der Waals surface area contributed by atoms with E-state index in [1.165, 1.54) is 18.3 Å². The number of anilines is 2. The third-order valence-electron chi connectivity index (χ3n) is 3.00. The Labute approximate surface area is 131 Å². The van der Waals surface area contributed by atoms with Gasteiger partial charge in [-0.05, 0) is 45.0 Å².